The number of non-ortho nitro benzene ring substituents is 1. The van der Waals surface area contributed by atoms with Crippen LogP contribution in [0, 0.1) is 10.1 Å². The van der Waals surface area contributed by atoms with Gasteiger partial charge >= 0.3 is 0 Å². The Bertz CT molecular complexity index is 1120. The summed E-state index contributed by atoms with van der Waals surface area (Å²) < 4.78 is 1.52. The lowest BCUT2D eigenvalue weighted by Gasteiger charge is -2.34. The number of amides is 2. The molecule has 0 atom stereocenters. The highest BCUT2D eigenvalue weighted by atomic mass is 16.6. The second-order valence-electron chi connectivity index (χ2n) is 7.93. The van der Waals surface area contributed by atoms with E-state index < -0.39 is 4.92 Å². The molecule has 0 unspecified atom stereocenters. The molecular weight excluding hydrogens is 422 g/mol. The molecule has 0 bridgehead atoms. The quantitative estimate of drug-likeness (QED) is 0.409. The zero-order valence-electron chi connectivity index (χ0n) is 18.2. The minimum Gasteiger partial charge on any atom is -0.339 e. The van der Waals surface area contributed by atoms with Crippen molar-refractivity contribution in [3.05, 3.63) is 88.2 Å². The van der Waals surface area contributed by atoms with Gasteiger partial charge in [-0.25, -0.2) is 4.68 Å². The molecule has 2 aromatic carbocycles. The molecule has 1 aromatic heterocycles. The van der Waals surface area contributed by atoms with Crippen LogP contribution in [0.3, 0.4) is 0 Å². The van der Waals surface area contributed by atoms with Crippen molar-refractivity contribution in [3.63, 3.8) is 0 Å². The van der Waals surface area contributed by atoms with Gasteiger partial charge in [-0.3, -0.25) is 19.7 Å². The summed E-state index contributed by atoms with van der Waals surface area (Å²) in [5, 5.41) is 15.1. The number of nitrogens with zero attached hydrogens (tertiary/aromatic N) is 5. The number of benzene rings is 2. The molecule has 2 amide bonds. The Morgan fingerprint density at radius 3 is 2.24 bits per heavy atom. The maximum absolute atomic E-state index is 12.9. The van der Waals surface area contributed by atoms with Crippen molar-refractivity contribution in [2.45, 2.75) is 19.3 Å². The highest BCUT2D eigenvalue weighted by Crippen LogP contribution is 2.16. The number of hydrogen-bond donors (Lipinski definition) is 0. The van der Waals surface area contributed by atoms with Crippen molar-refractivity contribution < 1.29 is 14.5 Å². The molecule has 33 heavy (non-hydrogen) atoms. The Morgan fingerprint density at radius 1 is 0.909 bits per heavy atom. The Morgan fingerprint density at radius 2 is 1.58 bits per heavy atom. The number of rotatable bonds is 7. The average Bonchev–Trinajstić information content (AvgIpc) is 3.35. The molecule has 1 aliphatic rings. The molecule has 0 N–H and O–H groups in total. The number of piperazine rings is 1. The van der Waals surface area contributed by atoms with Crippen LogP contribution in [0.15, 0.2) is 66.9 Å². The summed E-state index contributed by atoms with van der Waals surface area (Å²) in [5.41, 5.74) is 2.16. The van der Waals surface area contributed by atoms with Gasteiger partial charge in [0.2, 0.25) is 5.91 Å². The zero-order chi connectivity index (χ0) is 23.2. The molecule has 9 heteroatoms. The fourth-order valence-electron chi connectivity index (χ4n) is 3.88. The molecule has 1 saturated heterocycles. The first-order valence-electron chi connectivity index (χ1n) is 10.9. The Kier molecular flexibility index (Phi) is 6.77. The van der Waals surface area contributed by atoms with Gasteiger partial charge in [0, 0.05) is 50.9 Å². The van der Waals surface area contributed by atoms with Crippen LogP contribution in [0.5, 0.6) is 0 Å². The molecule has 1 fully saturated rings. The van der Waals surface area contributed by atoms with Crippen molar-refractivity contribution >= 4 is 17.5 Å². The lowest BCUT2D eigenvalue weighted by atomic mass is 10.1. The summed E-state index contributed by atoms with van der Waals surface area (Å²) in [4.78, 5) is 39.2. The Balaban J connectivity index is 1.27. The van der Waals surface area contributed by atoms with E-state index in [1.54, 1.807) is 29.3 Å². The maximum atomic E-state index is 12.9. The van der Waals surface area contributed by atoms with E-state index in [1.165, 1.54) is 22.4 Å². The van der Waals surface area contributed by atoms with Crippen molar-refractivity contribution in [1.29, 1.82) is 0 Å². The van der Waals surface area contributed by atoms with Gasteiger partial charge in [0.1, 0.15) is 0 Å². The molecule has 0 aliphatic carbocycles. The van der Waals surface area contributed by atoms with Crippen LogP contribution in [0.4, 0.5) is 5.69 Å². The summed E-state index contributed by atoms with van der Waals surface area (Å²) in [5.74, 6) is -0.0627. The van der Waals surface area contributed by atoms with Gasteiger partial charge in [0.15, 0.2) is 5.69 Å². The van der Waals surface area contributed by atoms with Gasteiger partial charge in [-0.1, -0.05) is 30.3 Å². The normalized spacial score (nSPS) is 13.7. The van der Waals surface area contributed by atoms with Gasteiger partial charge in [-0.05, 0) is 36.6 Å². The van der Waals surface area contributed by atoms with Crippen LogP contribution in [0.2, 0.25) is 0 Å². The Hall–Kier alpha value is -4.01. The van der Waals surface area contributed by atoms with Crippen LogP contribution in [0.1, 0.15) is 28.9 Å². The minimum atomic E-state index is -0.463. The largest absolute Gasteiger partial charge is 0.339 e. The van der Waals surface area contributed by atoms with Crippen molar-refractivity contribution in [2.24, 2.45) is 0 Å². The molecule has 3 aromatic rings. The second-order valence-corrected chi connectivity index (χ2v) is 7.93. The fraction of sp³-hybridized carbons (Fsp3) is 0.292. The van der Waals surface area contributed by atoms with E-state index >= 15 is 0 Å². The molecule has 1 aliphatic heterocycles. The van der Waals surface area contributed by atoms with E-state index in [2.05, 4.69) is 17.2 Å². The maximum Gasteiger partial charge on any atom is 0.274 e. The van der Waals surface area contributed by atoms with Crippen LogP contribution in [-0.2, 0) is 11.2 Å². The lowest BCUT2D eigenvalue weighted by Crippen LogP contribution is -2.50. The lowest BCUT2D eigenvalue weighted by molar-refractivity contribution is -0.384. The first-order chi connectivity index (χ1) is 16.0. The molecule has 0 radical (unpaired) electrons. The summed E-state index contributed by atoms with van der Waals surface area (Å²) in [6.45, 7) is 1.96. The molecule has 0 spiro atoms. The summed E-state index contributed by atoms with van der Waals surface area (Å²) in [6.07, 6.45) is 3.84. The molecule has 170 valence electrons. The van der Waals surface area contributed by atoms with Crippen LogP contribution in [0.25, 0.3) is 5.69 Å². The number of aromatic nitrogens is 2. The van der Waals surface area contributed by atoms with Gasteiger partial charge < -0.3 is 9.80 Å². The molecular formula is C24H25N5O4. The number of nitro benzene ring substituents is 1. The second kappa shape index (κ2) is 10.1. The SMILES string of the molecule is O=C(CCCc1ccccc1)N1CCN(C(=O)c2ccn(-c3ccc([N+](=O)[O-])cc3)n2)CC1. The first kappa shape index (κ1) is 22.2. The van der Waals surface area contributed by atoms with E-state index in [1.807, 2.05) is 23.1 Å². The van der Waals surface area contributed by atoms with E-state index in [0.29, 0.717) is 44.0 Å². The highest BCUT2D eigenvalue weighted by Gasteiger charge is 2.26. The topological polar surface area (TPSA) is 102 Å². The molecule has 9 nitrogen and oxygen atoms in total. The third kappa shape index (κ3) is 5.43. The number of carbonyl (C=O) groups is 2. The van der Waals surface area contributed by atoms with E-state index in [4.69, 9.17) is 0 Å². The molecule has 2 heterocycles. The number of aryl methyl sites for hydroxylation is 1. The smallest absolute Gasteiger partial charge is 0.274 e. The first-order valence-corrected chi connectivity index (χ1v) is 10.9. The predicted octanol–water partition coefficient (Wildman–Crippen LogP) is 3.09. The number of nitro groups is 1. The van der Waals surface area contributed by atoms with Gasteiger partial charge in [0.25, 0.3) is 11.6 Å². The van der Waals surface area contributed by atoms with Crippen LogP contribution in [-0.4, -0.2) is 62.5 Å². The zero-order valence-corrected chi connectivity index (χ0v) is 18.2. The third-order valence-corrected chi connectivity index (χ3v) is 5.75. The number of hydrogen-bond acceptors (Lipinski definition) is 5. The standard InChI is InChI=1S/C24H25N5O4/c30-23(8-4-7-19-5-2-1-3-6-19)26-15-17-27(18-16-26)24(31)22-13-14-28(25-22)20-9-11-21(12-10-20)29(32)33/h1-3,5-6,9-14H,4,7-8,15-18H2. The monoisotopic (exact) mass is 447 g/mol. The van der Waals surface area contributed by atoms with E-state index in [9.17, 15) is 19.7 Å². The summed E-state index contributed by atoms with van der Waals surface area (Å²) >= 11 is 0. The van der Waals surface area contributed by atoms with Crippen LogP contribution >= 0.6 is 0 Å². The van der Waals surface area contributed by atoms with E-state index in [0.717, 1.165) is 12.8 Å². The van der Waals surface area contributed by atoms with Crippen LogP contribution < -0.4 is 0 Å². The fourth-order valence-corrected chi connectivity index (χ4v) is 3.88. The highest BCUT2D eigenvalue weighted by molar-refractivity contribution is 5.92. The summed E-state index contributed by atoms with van der Waals surface area (Å²) in [7, 11) is 0. The van der Waals surface area contributed by atoms with Gasteiger partial charge in [0.05, 0.1) is 10.6 Å². The molecule has 0 saturated carbocycles. The molecule has 4 rings (SSSR count). The van der Waals surface area contributed by atoms with Gasteiger partial charge in [-0.2, -0.15) is 5.10 Å². The van der Waals surface area contributed by atoms with E-state index in [-0.39, 0.29) is 17.5 Å². The van der Waals surface area contributed by atoms with Crippen molar-refractivity contribution in [1.82, 2.24) is 19.6 Å². The average molecular weight is 447 g/mol. The Labute approximate surface area is 191 Å². The predicted molar refractivity (Wildman–Crippen MR) is 122 cm³/mol. The number of carbonyl (C=O) groups excluding carboxylic acids is 2. The van der Waals surface area contributed by atoms with Crippen molar-refractivity contribution in [2.75, 3.05) is 26.2 Å². The minimum absolute atomic E-state index is 0.00492. The van der Waals surface area contributed by atoms with Crippen molar-refractivity contribution in [3.8, 4) is 5.69 Å². The third-order valence-electron chi connectivity index (χ3n) is 5.75. The van der Waals surface area contributed by atoms with Gasteiger partial charge in [-0.15, -0.1) is 0 Å². The summed E-state index contributed by atoms with van der Waals surface area (Å²) in [6, 6.07) is 17.7.